The number of hydrogen-bond donors (Lipinski definition) is 2. The number of anilines is 3. The summed E-state index contributed by atoms with van der Waals surface area (Å²) in [7, 11) is 4.41. The summed E-state index contributed by atoms with van der Waals surface area (Å²) in [5.41, 5.74) is 1.13. The van der Waals surface area contributed by atoms with Crippen molar-refractivity contribution in [3.05, 3.63) is 79.5 Å². The van der Waals surface area contributed by atoms with Crippen LogP contribution in [-0.2, 0) is 24.6 Å². The second kappa shape index (κ2) is 12.1. The molecule has 0 saturated heterocycles. The van der Waals surface area contributed by atoms with Gasteiger partial charge in [-0.15, -0.1) is 0 Å². The minimum Gasteiger partial charge on any atom is -0.358 e. The molecule has 0 fully saturated rings. The Morgan fingerprint density at radius 3 is 2.57 bits per heavy atom. The van der Waals surface area contributed by atoms with E-state index >= 15 is 0 Å². The normalized spacial score (nSPS) is 12.2. The number of carbonyl (C=O) groups excluding carboxylic acids is 1. The number of alkyl halides is 3. The van der Waals surface area contributed by atoms with Crippen LogP contribution in [0.3, 0.4) is 0 Å². The summed E-state index contributed by atoms with van der Waals surface area (Å²) in [6, 6.07) is 7.22. The first-order valence-corrected chi connectivity index (χ1v) is 13.6. The van der Waals surface area contributed by atoms with Crippen LogP contribution in [0.1, 0.15) is 11.5 Å². The highest BCUT2D eigenvalue weighted by Gasteiger charge is 2.45. The van der Waals surface area contributed by atoms with Crippen LogP contribution < -0.4 is 10.6 Å². The second-order valence-electron chi connectivity index (χ2n) is 9.75. The van der Waals surface area contributed by atoms with E-state index in [9.17, 15) is 28.1 Å². The molecule has 0 saturated carbocycles. The molecule has 1 aromatic carbocycles. The highest BCUT2D eigenvalue weighted by atomic mass is 79.9. The Bertz CT molecular complexity index is 1710. The van der Waals surface area contributed by atoms with E-state index in [2.05, 4.69) is 62.4 Å². The molecule has 3 heterocycles. The van der Waals surface area contributed by atoms with Crippen LogP contribution in [0, 0.1) is 10.1 Å². The third-order valence-electron chi connectivity index (χ3n) is 6.02. The average molecular weight is 714 g/mol. The predicted molar refractivity (Wildman–Crippen MR) is 156 cm³/mol. The minimum atomic E-state index is -4.84. The number of likely N-dealkylation sites (N-methyl/N-ethyl adjacent to an activating group) is 1. The zero-order valence-electron chi connectivity index (χ0n) is 22.3. The third kappa shape index (κ3) is 7.27. The number of nitrogens with zero attached hydrogens (tertiary/aromatic N) is 7. The molecule has 42 heavy (non-hydrogen) atoms. The summed E-state index contributed by atoms with van der Waals surface area (Å²) in [4.78, 5) is 39.0. The van der Waals surface area contributed by atoms with E-state index in [0.29, 0.717) is 21.3 Å². The van der Waals surface area contributed by atoms with E-state index in [1.165, 1.54) is 24.7 Å². The number of imidazole rings is 1. The Kier molecular flexibility index (Phi) is 8.93. The van der Waals surface area contributed by atoms with Gasteiger partial charge < -0.3 is 25.2 Å². The first-order valence-electron chi connectivity index (χ1n) is 12.0. The van der Waals surface area contributed by atoms with Gasteiger partial charge in [-0.3, -0.25) is 9.36 Å². The van der Waals surface area contributed by atoms with E-state index in [4.69, 9.17) is 0 Å². The lowest BCUT2D eigenvalue weighted by molar-refractivity contribution is -0.898. The van der Waals surface area contributed by atoms with E-state index in [-0.39, 0.29) is 29.1 Å². The van der Waals surface area contributed by atoms with Crippen LogP contribution in [0.2, 0.25) is 0 Å². The quantitative estimate of drug-likeness (QED) is 0.0971. The van der Waals surface area contributed by atoms with Crippen molar-refractivity contribution in [2.45, 2.75) is 12.7 Å². The molecule has 3 aromatic heterocycles. The van der Waals surface area contributed by atoms with Crippen LogP contribution in [-0.4, -0.2) is 60.5 Å². The van der Waals surface area contributed by atoms with Crippen molar-refractivity contribution in [1.82, 2.24) is 24.5 Å². The Morgan fingerprint density at radius 2 is 1.90 bits per heavy atom. The molecule has 0 unspecified atom stereocenters. The number of amides is 1. The number of quaternary nitrogens is 1. The summed E-state index contributed by atoms with van der Waals surface area (Å²) in [6.45, 7) is 0.0334. The number of nitrogens with one attached hydrogen (secondary N) is 2. The smallest absolute Gasteiger partial charge is 0.358 e. The highest BCUT2D eigenvalue weighted by molar-refractivity contribution is 9.13. The fraction of sp³-hybridized carbons (Fsp3) is 0.240. The molecule has 17 heteroatoms. The Morgan fingerprint density at radius 1 is 1.17 bits per heavy atom. The molecule has 0 radical (unpaired) electrons. The standard InChI is InChI=1S/C25H22Br2F3N9O3/c1-37-19(23(38(41)42)36-24(37)25(28,29)30)12-39(2,3)8-4-5-21(40)35-20-10-15-18(11-31-20)32-13-33-22(15)34-14-6-7-16(26)17(27)9-14/h4-7,9-11,13H,8,12H2,1-3H3,(H-,31,32,33,34,35,40)/p+1/b5-4+. The fourth-order valence-corrected chi connectivity index (χ4v) is 4.64. The number of halogens is 5. The molecule has 0 atom stereocenters. The van der Waals surface area contributed by atoms with Crippen molar-refractivity contribution in [2.24, 2.45) is 7.05 Å². The molecular formula is C25H23Br2F3N9O3+. The van der Waals surface area contributed by atoms with Crippen LogP contribution >= 0.6 is 31.9 Å². The summed E-state index contributed by atoms with van der Waals surface area (Å²) in [6.07, 6.45) is 0.818. The zero-order chi connectivity index (χ0) is 30.8. The van der Waals surface area contributed by atoms with Crippen LogP contribution in [0.25, 0.3) is 10.9 Å². The minimum absolute atomic E-state index is 0.00815. The monoisotopic (exact) mass is 712 g/mol. The first-order chi connectivity index (χ1) is 19.6. The van der Waals surface area contributed by atoms with Gasteiger partial charge in [0, 0.05) is 33.1 Å². The van der Waals surface area contributed by atoms with E-state index in [1.54, 1.807) is 20.2 Å². The van der Waals surface area contributed by atoms with Crippen LogP contribution in [0.4, 0.5) is 36.3 Å². The van der Waals surface area contributed by atoms with Gasteiger partial charge in [0.1, 0.15) is 24.5 Å². The Labute approximate surface area is 253 Å². The molecule has 0 aliphatic heterocycles. The fourth-order valence-electron chi connectivity index (χ4n) is 4.01. The molecule has 0 bridgehead atoms. The number of carbonyl (C=O) groups is 1. The number of benzene rings is 1. The zero-order valence-corrected chi connectivity index (χ0v) is 25.5. The van der Waals surface area contributed by atoms with Crippen molar-refractivity contribution >= 4 is 71.8 Å². The lowest BCUT2D eigenvalue weighted by atomic mass is 10.2. The first kappa shape index (κ1) is 31.0. The molecular weight excluding hydrogens is 691 g/mol. The molecule has 1 amide bonds. The number of pyridine rings is 1. The van der Waals surface area contributed by atoms with Crippen molar-refractivity contribution in [1.29, 1.82) is 0 Å². The molecule has 4 rings (SSSR count). The van der Waals surface area contributed by atoms with Crippen molar-refractivity contribution < 1.29 is 27.4 Å². The van der Waals surface area contributed by atoms with E-state index in [0.717, 1.165) is 21.7 Å². The maximum absolute atomic E-state index is 13.3. The van der Waals surface area contributed by atoms with Gasteiger partial charge in [0.2, 0.25) is 5.91 Å². The average Bonchev–Trinajstić information content (AvgIpc) is 3.22. The molecule has 0 aliphatic carbocycles. The van der Waals surface area contributed by atoms with Gasteiger partial charge in [0.05, 0.1) is 32.4 Å². The Balaban J connectivity index is 1.45. The largest absolute Gasteiger partial charge is 0.475 e. The van der Waals surface area contributed by atoms with E-state index in [1.807, 2.05) is 18.2 Å². The molecule has 0 spiro atoms. The lowest BCUT2D eigenvalue weighted by Crippen LogP contribution is -2.39. The number of aromatic nitrogens is 5. The number of rotatable bonds is 9. The van der Waals surface area contributed by atoms with Gasteiger partial charge in [-0.05, 0) is 72.1 Å². The topological polar surface area (TPSA) is 141 Å². The molecule has 220 valence electrons. The summed E-state index contributed by atoms with van der Waals surface area (Å²) < 4.78 is 42.2. The van der Waals surface area contributed by atoms with E-state index < -0.39 is 28.6 Å². The maximum Gasteiger partial charge on any atom is 0.475 e. The van der Waals surface area contributed by atoms with Crippen molar-refractivity contribution in [2.75, 3.05) is 31.3 Å². The van der Waals surface area contributed by atoms with Gasteiger partial charge in [-0.2, -0.15) is 13.2 Å². The van der Waals surface area contributed by atoms with Gasteiger partial charge in [0.15, 0.2) is 5.69 Å². The van der Waals surface area contributed by atoms with Crippen molar-refractivity contribution in [3.63, 3.8) is 0 Å². The highest BCUT2D eigenvalue weighted by Crippen LogP contribution is 2.33. The number of hydrogen-bond acceptors (Lipinski definition) is 8. The Hall–Kier alpha value is -3.96. The number of nitro groups is 1. The van der Waals surface area contributed by atoms with Crippen LogP contribution in [0.15, 0.2) is 57.9 Å². The molecule has 12 nitrogen and oxygen atoms in total. The molecule has 0 aliphatic rings. The molecule has 4 aromatic rings. The van der Waals surface area contributed by atoms with Gasteiger partial charge >= 0.3 is 17.8 Å². The predicted octanol–water partition coefficient (Wildman–Crippen LogP) is 5.73. The van der Waals surface area contributed by atoms with Crippen LogP contribution in [0.5, 0.6) is 0 Å². The maximum atomic E-state index is 13.3. The van der Waals surface area contributed by atoms with Gasteiger partial charge in [-0.25, -0.2) is 15.0 Å². The van der Waals surface area contributed by atoms with Crippen molar-refractivity contribution in [3.8, 4) is 0 Å². The van der Waals surface area contributed by atoms with Gasteiger partial charge in [-0.1, -0.05) is 0 Å². The summed E-state index contributed by atoms with van der Waals surface area (Å²) in [5, 5.41) is 17.9. The summed E-state index contributed by atoms with van der Waals surface area (Å²) >= 11 is 6.89. The second-order valence-corrected chi connectivity index (χ2v) is 11.5. The SMILES string of the molecule is Cn1c(C(F)(F)F)nc([N+](=O)[O-])c1C[N+](C)(C)C/C=C/C(=O)Nc1cc2c(Nc3ccc(Br)c(Br)c3)ncnc2cn1. The number of fused-ring (bicyclic) bond motifs is 1. The lowest BCUT2D eigenvalue weighted by Gasteiger charge is -2.28. The third-order valence-corrected chi connectivity index (χ3v) is 7.90. The summed E-state index contributed by atoms with van der Waals surface area (Å²) in [5.74, 6) is -1.97. The molecule has 2 N–H and O–H groups in total. The van der Waals surface area contributed by atoms with Gasteiger partial charge in [0.25, 0.3) is 0 Å².